The fourth-order valence-corrected chi connectivity index (χ4v) is 2.80. The van der Waals surface area contributed by atoms with Crippen LogP contribution in [0.15, 0.2) is 43.9 Å². The van der Waals surface area contributed by atoms with Gasteiger partial charge in [0.25, 0.3) is 0 Å². The van der Waals surface area contributed by atoms with Crippen molar-refractivity contribution in [1.82, 2.24) is 10.9 Å². The quantitative estimate of drug-likeness (QED) is 0.568. The molecule has 23 heavy (non-hydrogen) atoms. The van der Waals surface area contributed by atoms with Crippen molar-refractivity contribution in [2.24, 2.45) is 10.2 Å². The van der Waals surface area contributed by atoms with Gasteiger partial charge >= 0.3 is 0 Å². The van der Waals surface area contributed by atoms with Crippen LogP contribution in [0.1, 0.15) is 30.4 Å². The summed E-state index contributed by atoms with van der Waals surface area (Å²) in [5, 5.41) is 15.4. The van der Waals surface area contributed by atoms with Crippen molar-refractivity contribution in [3.05, 3.63) is 44.8 Å². The van der Waals surface area contributed by atoms with Crippen LogP contribution in [-0.4, -0.2) is 24.2 Å². The van der Waals surface area contributed by atoms with Crippen LogP contribution in [0.25, 0.3) is 0 Å². The molecule has 0 bridgehead atoms. The van der Waals surface area contributed by atoms with Crippen LogP contribution in [0, 0.1) is 0 Å². The van der Waals surface area contributed by atoms with E-state index in [9.17, 15) is 9.59 Å². The molecule has 2 heterocycles. The van der Waals surface area contributed by atoms with Crippen LogP contribution in [0.5, 0.6) is 0 Å². The molecule has 6 nitrogen and oxygen atoms in total. The highest BCUT2D eigenvalue weighted by Gasteiger charge is 2.03. The lowest BCUT2D eigenvalue weighted by atomic mass is 10.2. The van der Waals surface area contributed by atoms with Crippen LogP contribution < -0.4 is 10.9 Å². The zero-order valence-corrected chi connectivity index (χ0v) is 13.9. The number of carbonyl (C=O) groups excluding carboxylic acids is 2. The predicted octanol–water partition coefficient (Wildman–Crippen LogP) is 2.58. The van der Waals surface area contributed by atoms with Gasteiger partial charge in [0, 0.05) is 24.0 Å². The second-order valence-electron chi connectivity index (χ2n) is 4.55. The van der Waals surface area contributed by atoms with E-state index in [1.165, 1.54) is 0 Å². The van der Waals surface area contributed by atoms with Gasteiger partial charge in [-0.15, -0.1) is 0 Å². The van der Waals surface area contributed by atoms with E-state index >= 15 is 0 Å². The van der Waals surface area contributed by atoms with E-state index in [0.29, 0.717) is 6.42 Å². The third kappa shape index (κ3) is 6.98. The molecular weight excluding hydrogens is 332 g/mol. The number of hydrogen-bond donors (Lipinski definition) is 2. The Bertz CT molecular complexity index is 605. The summed E-state index contributed by atoms with van der Waals surface area (Å²) in [6, 6.07) is 3.81. The molecule has 120 valence electrons. The topological polar surface area (TPSA) is 82.9 Å². The molecule has 2 aromatic rings. The lowest BCUT2D eigenvalue weighted by molar-refractivity contribution is -0.122. The van der Waals surface area contributed by atoms with Crippen molar-refractivity contribution in [1.29, 1.82) is 0 Å². The number of carbonyl (C=O) groups is 2. The Labute approximate surface area is 141 Å². The molecule has 2 aromatic heterocycles. The minimum Gasteiger partial charge on any atom is -0.273 e. The maximum Gasteiger partial charge on any atom is 0.240 e. The number of hydrazone groups is 2. The average molecular weight is 348 g/mol. The molecule has 0 aliphatic carbocycles. The summed E-state index contributed by atoms with van der Waals surface area (Å²) < 4.78 is 0. The molecule has 0 aliphatic heterocycles. The molecule has 2 amide bonds. The van der Waals surface area contributed by atoms with Crippen molar-refractivity contribution in [2.75, 3.05) is 0 Å². The third-order valence-electron chi connectivity index (χ3n) is 2.70. The zero-order valence-electron chi connectivity index (χ0n) is 12.3. The Morgan fingerprint density at radius 1 is 0.913 bits per heavy atom. The molecule has 0 unspecified atom stereocenters. The zero-order chi connectivity index (χ0) is 16.3. The lowest BCUT2D eigenvalue weighted by Gasteiger charge is -2.00. The number of amides is 2. The van der Waals surface area contributed by atoms with Crippen molar-refractivity contribution in [2.45, 2.75) is 19.3 Å². The van der Waals surface area contributed by atoms with Crippen LogP contribution in [0.4, 0.5) is 0 Å². The molecule has 0 saturated heterocycles. The highest BCUT2D eigenvalue weighted by molar-refractivity contribution is 7.08. The minimum absolute atomic E-state index is 0.217. The summed E-state index contributed by atoms with van der Waals surface area (Å²) in [4.78, 5) is 23.1. The van der Waals surface area contributed by atoms with E-state index < -0.39 is 0 Å². The SMILES string of the molecule is O=C(CCCC(=O)N/N=C/c1ccsc1)N/N=C/c1ccsc1. The molecule has 0 fully saturated rings. The molecule has 2 rings (SSSR count). The van der Waals surface area contributed by atoms with Gasteiger partial charge in [0.15, 0.2) is 0 Å². The molecule has 8 heteroatoms. The van der Waals surface area contributed by atoms with Crippen LogP contribution in [0.2, 0.25) is 0 Å². The Morgan fingerprint density at radius 2 is 1.39 bits per heavy atom. The fraction of sp³-hybridized carbons (Fsp3) is 0.200. The number of rotatable bonds is 8. The smallest absolute Gasteiger partial charge is 0.240 e. The molecule has 2 N–H and O–H groups in total. The van der Waals surface area contributed by atoms with Gasteiger partial charge in [0.2, 0.25) is 11.8 Å². The van der Waals surface area contributed by atoms with Crippen LogP contribution in [0.3, 0.4) is 0 Å². The molecule has 0 spiro atoms. The highest BCUT2D eigenvalue weighted by Crippen LogP contribution is 2.03. The molecule has 0 atom stereocenters. The minimum atomic E-state index is -0.217. The summed E-state index contributed by atoms with van der Waals surface area (Å²) in [6.07, 6.45) is 4.09. The molecule has 0 aliphatic rings. The molecule has 0 radical (unpaired) electrons. The summed E-state index contributed by atoms with van der Waals surface area (Å²) in [6.45, 7) is 0. The largest absolute Gasteiger partial charge is 0.273 e. The summed E-state index contributed by atoms with van der Waals surface area (Å²) in [5.74, 6) is -0.433. The maximum atomic E-state index is 11.5. The van der Waals surface area contributed by atoms with Gasteiger partial charge in [-0.2, -0.15) is 32.9 Å². The Hall–Kier alpha value is -2.32. The highest BCUT2D eigenvalue weighted by atomic mass is 32.1. The number of hydrogen-bond acceptors (Lipinski definition) is 6. The van der Waals surface area contributed by atoms with Crippen molar-refractivity contribution in [3.8, 4) is 0 Å². The fourth-order valence-electron chi connectivity index (χ4n) is 1.58. The van der Waals surface area contributed by atoms with Gasteiger partial charge in [0.1, 0.15) is 0 Å². The Balaban J connectivity index is 1.56. The van der Waals surface area contributed by atoms with Crippen molar-refractivity contribution >= 4 is 46.9 Å². The van der Waals surface area contributed by atoms with Crippen LogP contribution >= 0.6 is 22.7 Å². The third-order valence-corrected chi connectivity index (χ3v) is 4.10. The number of thiophene rings is 2. The summed E-state index contributed by atoms with van der Waals surface area (Å²) >= 11 is 3.12. The predicted molar refractivity (Wildman–Crippen MR) is 94.0 cm³/mol. The first-order valence-corrected chi connectivity index (χ1v) is 8.81. The van der Waals surface area contributed by atoms with E-state index in [-0.39, 0.29) is 24.7 Å². The number of nitrogens with zero attached hydrogens (tertiary/aromatic N) is 2. The monoisotopic (exact) mass is 348 g/mol. The first kappa shape index (κ1) is 17.0. The second kappa shape index (κ2) is 9.65. The summed E-state index contributed by atoms with van der Waals surface area (Å²) in [7, 11) is 0. The first-order valence-electron chi connectivity index (χ1n) is 6.92. The van der Waals surface area contributed by atoms with E-state index in [4.69, 9.17) is 0 Å². The van der Waals surface area contributed by atoms with E-state index in [1.807, 2.05) is 33.7 Å². The molecule has 0 aromatic carbocycles. The van der Waals surface area contributed by atoms with Gasteiger partial charge in [-0.05, 0) is 40.1 Å². The van der Waals surface area contributed by atoms with E-state index in [0.717, 1.165) is 11.1 Å². The lowest BCUT2D eigenvalue weighted by Crippen LogP contribution is -2.20. The second-order valence-corrected chi connectivity index (χ2v) is 6.11. The summed E-state index contributed by atoms with van der Waals surface area (Å²) in [5.41, 5.74) is 6.75. The van der Waals surface area contributed by atoms with E-state index in [2.05, 4.69) is 21.1 Å². The maximum absolute atomic E-state index is 11.5. The Morgan fingerprint density at radius 3 is 1.78 bits per heavy atom. The standard InChI is InChI=1S/C15H16N4O2S2/c20-14(18-16-8-12-4-6-22-10-12)2-1-3-15(21)19-17-9-13-5-7-23-11-13/h4-11H,1-3H2,(H,18,20)(H,19,21)/b16-8+,17-9+. The van der Waals surface area contributed by atoms with Crippen molar-refractivity contribution < 1.29 is 9.59 Å². The van der Waals surface area contributed by atoms with Gasteiger partial charge in [0.05, 0.1) is 12.4 Å². The van der Waals surface area contributed by atoms with Crippen LogP contribution in [-0.2, 0) is 9.59 Å². The number of nitrogens with one attached hydrogen (secondary N) is 2. The first-order chi connectivity index (χ1) is 11.2. The van der Waals surface area contributed by atoms with Gasteiger partial charge in [-0.1, -0.05) is 0 Å². The Kier molecular flexibility index (Phi) is 7.15. The van der Waals surface area contributed by atoms with Gasteiger partial charge in [-0.3, -0.25) is 9.59 Å². The van der Waals surface area contributed by atoms with Gasteiger partial charge < -0.3 is 0 Å². The van der Waals surface area contributed by atoms with Crippen molar-refractivity contribution in [3.63, 3.8) is 0 Å². The van der Waals surface area contributed by atoms with Gasteiger partial charge in [-0.25, -0.2) is 10.9 Å². The molecular formula is C15H16N4O2S2. The average Bonchev–Trinajstić information content (AvgIpc) is 3.20. The molecule has 0 saturated carbocycles. The normalized spacial score (nSPS) is 11.1. The van der Waals surface area contributed by atoms with E-state index in [1.54, 1.807) is 35.1 Å².